The number of carboxylic acid groups (broad SMARTS) is 1. The molecule has 0 saturated heterocycles. The van der Waals surface area contributed by atoms with Crippen molar-refractivity contribution in [1.82, 2.24) is 4.98 Å². The Morgan fingerprint density at radius 3 is 2.03 bits per heavy atom. The summed E-state index contributed by atoms with van der Waals surface area (Å²) >= 11 is 0. The Balaban J connectivity index is 2.63. The van der Waals surface area contributed by atoms with Gasteiger partial charge in [-0.2, -0.15) is 4.90 Å². The lowest BCUT2D eigenvalue weighted by Crippen LogP contribution is -2.44. The average Bonchev–Trinajstić information content (AvgIpc) is 2.54. The Hall–Kier alpha value is -3.23. The molecule has 2 amide bonds. The van der Waals surface area contributed by atoms with Gasteiger partial charge in [-0.3, -0.25) is 4.79 Å². The number of carbonyl (C=O) groups excluding carboxylic acids is 2. The second kappa shape index (κ2) is 8.25. The largest absolute Gasteiger partial charge is 0.481 e. The van der Waals surface area contributed by atoms with Crippen molar-refractivity contribution >= 4 is 34.7 Å². The van der Waals surface area contributed by atoms with Gasteiger partial charge in [0.2, 0.25) is 0 Å². The Morgan fingerprint density at radius 2 is 1.57 bits per heavy atom. The van der Waals surface area contributed by atoms with Crippen LogP contribution in [-0.4, -0.2) is 39.4 Å². The molecule has 0 unspecified atom stereocenters. The normalized spacial score (nSPS) is 11.8. The van der Waals surface area contributed by atoms with Crippen molar-refractivity contribution < 1.29 is 33.4 Å². The number of hydrogen-bond donors (Lipinski definition) is 1. The zero-order valence-electron chi connectivity index (χ0n) is 17.8. The predicted octanol–water partition coefficient (Wildman–Crippen LogP) is 4.68. The fourth-order valence-corrected chi connectivity index (χ4v) is 2.57. The van der Waals surface area contributed by atoms with E-state index in [1.807, 2.05) is 0 Å². The van der Waals surface area contributed by atoms with Gasteiger partial charge in [-0.25, -0.2) is 19.0 Å². The molecule has 162 valence electrons. The Labute approximate surface area is 173 Å². The molecule has 0 bridgehead atoms. The first-order valence-corrected chi connectivity index (χ1v) is 9.23. The van der Waals surface area contributed by atoms with Crippen molar-refractivity contribution in [2.75, 3.05) is 4.90 Å². The van der Waals surface area contributed by atoms with Gasteiger partial charge in [0.05, 0.1) is 6.42 Å². The molecule has 0 radical (unpaired) electrons. The van der Waals surface area contributed by atoms with E-state index in [4.69, 9.17) is 14.6 Å². The van der Waals surface area contributed by atoms with E-state index in [0.717, 1.165) is 6.07 Å². The van der Waals surface area contributed by atoms with Crippen molar-refractivity contribution in [1.29, 1.82) is 0 Å². The van der Waals surface area contributed by atoms with E-state index in [1.54, 1.807) is 41.5 Å². The molecule has 1 N–H and O–H groups in total. The van der Waals surface area contributed by atoms with Crippen molar-refractivity contribution in [2.45, 2.75) is 59.2 Å². The summed E-state index contributed by atoms with van der Waals surface area (Å²) in [5.41, 5.74) is -1.90. The molecule has 0 spiro atoms. The van der Waals surface area contributed by atoms with Crippen LogP contribution in [0.25, 0.3) is 10.8 Å². The maximum Gasteiger partial charge on any atom is 0.425 e. The number of carbonyl (C=O) groups is 3. The Bertz CT molecular complexity index is 963. The number of imide groups is 1. The van der Waals surface area contributed by atoms with Gasteiger partial charge < -0.3 is 14.6 Å². The summed E-state index contributed by atoms with van der Waals surface area (Å²) in [5, 5.41) is 9.78. The maximum atomic E-state index is 14.3. The molecular formula is C21H25FN2O6. The van der Waals surface area contributed by atoms with Gasteiger partial charge in [0.15, 0.2) is 0 Å². The minimum atomic E-state index is -1.23. The highest BCUT2D eigenvalue weighted by atomic mass is 19.1. The first-order chi connectivity index (χ1) is 13.7. The molecule has 2 aromatic rings. The number of benzene rings is 1. The van der Waals surface area contributed by atoms with E-state index in [2.05, 4.69) is 4.98 Å². The van der Waals surface area contributed by atoms with Crippen LogP contribution in [0.1, 0.15) is 47.1 Å². The number of ether oxygens (including phenoxy) is 2. The van der Waals surface area contributed by atoms with E-state index < -0.39 is 41.6 Å². The summed E-state index contributed by atoms with van der Waals surface area (Å²) in [6.07, 6.45) is -1.32. The van der Waals surface area contributed by atoms with Crippen LogP contribution in [0.5, 0.6) is 0 Å². The molecule has 1 heterocycles. The Kier molecular flexibility index (Phi) is 6.34. The predicted molar refractivity (Wildman–Crippen MR) is 108 cm³/mol. The number of nitrogens with zero attached hydrogens (tertiary/aromatic N) is 2. The minimum absolute atomic E-state index is 0.0861. The summed E-state index contributed by atoms with van der Waals surface area (Å²) in [6, 6.07) is 3.84. The van der Waals surface area contributed by atoms with Crippen LogP contribution in [0.3, 0.4) is 0 Å². The summed E-state index contributed by atoms with van der Waals surface area (Å²) < 4.78 is 24.9. The van der Waals surface area contributed by atoms with Crippen LogP contribution in [0.15, 0.2) is 24.4 Å². The smallest absolute Gasteiger partial charge is 0.425 e. The summed E-state index contributed by atoms with van der Waals surface area (Å²) in [4.78, 5) is 41.4. The highest BCUT2D eigenvalue weighted by Gasteiger charge is 2.33. The summed E-state index contributed by atoms with van der Waals surface area (Å²) in [7, 11) is 0. The number of rotatable bonds is 3. The lowest BCUT2D eigenvalue weighted by Gasteiger charge is -2.28. The second-order valence-electron chi connectivity index (χ2n) is 8.66. The maximum absolute atomic E-state index is 14.3. The zero-order chi connectivity index (χ0) is 22.9. The molecule has 0 aliphatic carbocycles. The minimum Gasteiger partial charge on any atom is -0.481 e. The molecule has 0 atom stereocenters. The van der Waals surface area contributed by atoms with Gasteiger partial charge in [0.25, 0.3) is 0 Å². The molecule has 2 rings (SSSR count). The summed E-state index contributed by atoms with van der Waals surface area (Å²) in [6.45, 7) is 9.79. The lowest BCUT2D eigenvalue weighted by molar-refractivity contribution is -0.136. The number of carboxylic acids is 1. The number of hydrogen-bond acceptors (Lipinski definition) is 6. The number of pyridine rings is 1. The zero-order valence-corrected chi connectivity index (χ0v) is 17.8. The van der Waals surface area contributed by atoms with Crippen LogP contribution in [0.4, 0.5) is 19.8 Å². The third-order valence-corrected chi connectivity index (χ3v) is 3.65. The molecule has 1 aromatic carbocycles. The van der Waals surface area contributed by atoms with Gasteiger partial charge >= 0.3 is 18.2 Å². The second-order valence-corrected chi connectivity index (χ2v) is 8.66. The van der Waals surface area contributed by atoms with E-state index in [9.17, 15) is 18.8 Å². The van der Waals surface area contributed by atoms with E-state index in [0.29, 0.717) is 10.3 Å². The number of anilines is 1. The van der Waals surface area contributed by atoms with Crippen LogP contribution >= 0.6 is 0 Å². The first-order valence-electron chi connectivity index (χ1n) is 9.23. The third-order valence-electron chi connectivity index (χ3n) is 3.65. The highest BCUT2D eigenvalue weighted by Crippen LogP contribution is 2.27. The number of fused-ring (bicyclic) bond motifs is 1. The van der Waals surface area contributed by atoms with Crippen LogP contribution < -0.4 is 4.90 Å². The van der Waals surface area contributed by atoms with Gasteiger partial charge in [0, 0.05) is 17.1 Å². The van der Waals surface area contributed by atoms with Crippen LogP contribution in [-0.2, 0) is 20.7 Å². The average molecular weight is 420 g/mol. The highest BCUT2D eigenvalue weighted by molar-refractivity contribution is 6.09. The number of amides is 2. The molecule has 0 saturated carbocycles. The van der Waals surface area contributed by atoms with Crippen molar-refractivity contribution in [3.8, 4) is 0 Å². The monoisotopic (exact) mass is 420 g/mol. The first kappa shape index (κ1) is 23.1. The molecular weight excluding hydrogens is 395 g/mol. The SMILES string of the molecule is CC(C)(C)OC(=O)N(C(=O)OC(C)(C)C)c1cc2c(CC(=O)O)c(F)ccc2cn1. The van der Waals surface area contributed by atoms with Crippen LogP contribution in [0.2, 0.25) is 0 Å². The van der Waals surface area contributed by atoms with Crippen LogP contribution in [0, 0.1) is 5.82 Å². The number of aliphatic carboxylic acids is 1. The van der Waals surface area contributed by atoms with E-state index in [1.165, 1.54) is 18.3 Å². The van der Waals surface area contributed by atoms with E-state index >= 15 is 0 Å². The fraction of sp³-hybridized carbons (Fsp3) is 0.429. The molecule has 0 aliphatic heterocycles. The standard InChI is InChI=1S/C21H25FN2O6/c1-20(2,3)29-18(27)24(19(28)30-21(4,5)6)16-9-13-12(11-23-16)7-8-15(22)14(13)10-17(25)26/h7-9,11H,10H2,1-6H3,(H,25,26). The molecule has 1 aromatic heterocycles. The summed E-state index contributed by atoms with van der Waals surface area (Å²) in [5.74, 6) is -2.12. The lowest BCUT2D eigenvalue weighted by atomic mass is 10.0. The fourth-order valence-electron chi connectivity index (χ4n) is 2.57. The van der Waals surface area contributed by atoms with Gasteiger partial charge in [0.1, 0.15) is 22.8 Å². The van der Waals surface area contributed by atoms with Gasteiger partial charge in [-0.1, -0.05) is 0 Å². The topological polar surface area (TPSA) is 106 Å². The van der Waals surface area contributed by atoms with Gasteiger partial charge in [-0.15, -0.1) is 0 Å². The molecule has 9 heteroatoms. The molecule has 0 fully saturated rings. The number of aromatic nitrogens is 1. The third kappa shape index (κ3) is 5.88. The van der Waals surface area contributed by atoms with Crippen molar-refractivity contribution in [3.05, 3.63) is 35.8 Å². The quantitative estimate of drug-likeness (QED) is 0.768. The van der Waals surface area contributed by atoms with Crippen molar-refractivity contribution in [3.63, 3.8) is 0 Å². The molecule has 30 heavy (non-hydrogen) atoms. The Morgan fingerprint density at radius 1 is 1.03 bits per heavy atom. The van der Waals surface area contributed by atoms with E-state index in [-0.39, 0.29) is 16.8 Å². The molecule has 0 aliphatic rings. The number of halogens is 1. The van der Waals surface area contributed by atoms with Crippen molar-refractivity contribution in [2.24, 2.45) is 0 Å². The molecule has 8 nitrogen and oxygen atoms in total. The van der Waals surface area contributed by atoms with Gasteiger partial charge in [-0.05, 0) is 65.1 Å².